The number of rotatable bonds is 12. The summed E-state index contributed by atoms with van der Waals surface area (Å²) in [6.45, 7) is 4.93. The van der Waals surface area contributed by atoms with E-state index in [2.05, 4.69) is 5.32 Å². The van der Waals surface area contributed by atoms with Crippen LogP contribution < -0.4 is 10.1 Å². The van der Waals surface area contributed by atoms with E-state index in [4.69, 9.17) is 9.47 Å². The molecule has 1 saturated heterocycles. The molecule has 1 aliphatic rings. The number of nitrogens with one attached hydrogen (secondary N) is 1. The molecule has 0 aromatic heterocycles. The number of carbonyl (C=O) groups is 1. The summed E-state index contributed by atoms with van der Waals surface area (Å²) in [5.74, 6) is 0.251. The van der Waals surface area contributed by atoms with Crippen LogP contribution in [0.5, 0.6) is 11.5 Å². The minimum atomic E-state index is -0.577. The number of benzene rings is 1. The zero-order valence-electron chi connectivity index (χ0n) is 18.2. The number of aliphatic hydroxyl groups excluding tert-OH is 2. The number of ether oxygens (including phenoxy) is 2. The zero-order valence-corrected chi connectivity index (χ0v) is 18.2. The van der Waals surface area contributed by atoms with Crippen LogP contribution in [0.1, 0.15) is 64.4 Å². The molecule has 7 nitrogen and oxygen atoms in total. The number of aromatic hydroxyl groups is 1. The van der Waals surface area contributed by atoms with Gasteiger partial charge in [-0.2, -0.15) is 0 Å². The maximum absolute atomic E-state index is 11.5. The van der Waals surface area contributed by atoms with Gasteiger partial charge in [-0.3, -0.25) is 4.79 Å². The Hall–Kier alpha value is -1.83. The maximum atomic E-state index is 11.5. The second-order valence-corrected chi connectivity index (χ2v) is 8.31. The first-order valence-electron chi connectivity index (χ1n) is 11.1. The van der Waals surface area contributed by atoms with Crippen molar-refractivity contribution in [3.05, 3.63) is 23.8 Å². The van der Waals surface area contributed by atoms with Crippen molar-refractivity contribution in [2.45, 2.75) is 89.6 Å². The minimum Gasteiger partial charge on any atom is -0.504 e. The van der Waals surface area contributed by atoms with Crippen molar-refractivity contribution in [3.8, 4) is 11.5 Å². The fourth-order valence-corrected chi connectivity index (χ4v) is 3.76. The Kier molecular flexibility index (Phi) is 10.4. The highest BCUT2D eigenvalue weighted by atomic mass is 16.5. The van der Waals surface area contributed by atoms with E-state index in [1.807, 2.05) is 12.1 Å². The third-order valence-electron chi connectivity index (χ3n) is 5.39. The maximum Gasteiger partial charge on any atom is 0.302 e. The van der Waals surface area contributed by atoms with Crippen molar-refractivity contribution >= 4 is 5.97 Å². The van der Waals surface area contributed by atoms with Gasteiger partial charge in [0.1, 0.15) is 12.2 Å². The van der Waals surface area contributed by atoms with Crippen LogP contribution in [-0.4, -0.2) is 58.8 Å². The van der Waals surface area contributed by atoms with E-state index in [0.29, 0.717) is 37.9 Å². The van der Waals surface area contributed by atoms with Gasteiger partial charge in [-0.1, -0.05) is 6.07 Å². The molecule has 30 heavy (non-hydrogen) atoms. The summed E-state index contributed by atoms with van der Waals surface area (Å²) < 4.78 is 11.4. The number of phenolic OH excluding ortho intramolecular Hbond substituents is 1. The molecule has 1 heterocycles. The van der Waals surface area contributed by atoms with Crippen LogP contribution in [-0.2, 0) is 16.0 Å². The summed E-state index contributed by atoms with van der Waals surface area (Å²) in [5.41, 5.74) is 0.984. The first-order valence-corrected chi connectivity index (χ1v) is 11.1. The van der Waals surface area contributed by atoms with Crippen LogP contribution in [0.4, 0.5) is 0 Å². The number of aliphatic hydroxyl groups is 2. The quantitative estimate of drug-likeness (QED) is 0.383. The zero-order chi connectivity index (χ0) is 21.9. The molecule has 3 atom stereocenters. The topological polar surface area (TPSA) is 108 Å². The molecule has 0 saturated carbocycles. The summed E-state index contributed by atoms with van der Waals surface area (Å²) in [6, 6.07) is 5.33. The standard InChI is InChI=1S/C23H37NO6/c1-16(25)4-3-5-19(27)15-21(29-17(2)26)8-6-18-7-9-22(28)23(14-18)30-20-10-12-24-13-11-20/h7,9,14,16,19-21,24-25,27-28H,3-6,8,10-13,15H2,1-2H3. The van der Waals surface area contributed by atoms with Gasteiger partial charge >= 0.3 is 5.97 Å². The predicted octanol–water partition coefficient (Wildman–Crippen LogP) is 2.69. The molecule has 1 aromatic carbocycles. The SMILES string of the molecule is CC(=O)OC(CCc1ccc(O)c(OC2CCNCC2)c1)CC(O)CCCC(C)O. The number of aryl methyl sites for hydroxylation is 1. The van der Waals surface area contributed by atoms with Crippen LogP contribution >= 0.6 is 0 Å². The summed E-state index contributed by atoms with van der Waals surface area (Å²) in [7, 11) is 0. The summed E-state index contributed by atoms with van der Waals surface area (Å²) in [5, 5.41) is 33.0. The van der Waals surface area contributed by atoms with Crippen LogP contribution in [0.25, 0.3) is 0 Å². The molecule has 0 amide bonds. The lowest BCUT2D eigenvalue weighted by Gasteiger charge is -2.24. The third kappa shape index (κ3) is 9.32. The van der Waals surface area contributed by atoms with Gasteiger partial charge in [0.25, 0.3) is 0 Å². The van der Waals surface area contributed by atoms with Crippen molar-refractivity contribution in [1.82, 2.24) is 5.32 Å². The molecule has 0 aliphatic carbocycles. The second kappa shape index (κ2) is 12.8. The molecule has 1 fully saturated rings. The molecule has 3 unspecified atom stereocenters. The highest BCUT2D eigenvalue weighted by molar-refractivity contribution is 5.66. The normalized spacial score (nSPS) is 17.9. The predicted molar refractivity (Wildman–Crippen MR) is 115 cm³/mol. The molecular formula is C23H37NO6. The number of carbonyl (C=O) groups excluding carboxylic acids is 1. The van der Waals surface area contributed by atoms with Crippen LogP contribution in [0.2, 0.25) is 0 Å². The van der Waals surface area contributed by atoms with Crippen LogP contribution in [0, 0.1) is 0 Å². The van der Waals surface area contributed by atoms with Crippen LogP contribution in [0.3, 0.4) is 0 Å². The highest BCUT2D eigenvalue weighted by Crippen LogP contribution is 2.30. The highest BCUT2D eigenvalue weighted by Gasteiger charge is 2.19. The lowest BCUT2D eigenvalue weighted by atomic mass is 9.99. The first-order chi connectivity index (χ1) is 14.3. The van der Waals surface area contributed by atoms with Crippen molar-refractivity contribution in [3.63, 3.8) is 0 Å². The fourth-order valence-electron chi connectivity index (χ4n) is 3.76. The van der Waals surface area contributed by atoms with E-state index in [1.165, 1.54) is 6.92 Å². The Labute approximate surface area is 179 Å². The van der Waals surface area contributed by atoms with Gasteiger partial charge in [-0.05, 0) is 82.7 Å². The van der Waals surface area contributed by atoms with E-state index in [9.17, 15) is 20.1 Å². The molecule has 0 spiro atoms. The largest absolute Gasteiger partial charge is 0.504 e. The summed E-state index contributed by atoms with van der Waals surface area (Å²) in [4.78, 5) is 11.5. The Bertz CT molecular complexity index is 645. The summed E-state index contributed by atoms with van der Waals surface area (Å²) >= 11 is 0. The molecular weight excluding hydrogens is 386 g/mol. The van der Waals surface area contributed by atoms with Gasteiger partial charge in [0, 0.05) is 13.3 Å². The Balaban J connectivity index is 1.90. The average molecular weight is 424 g/mol. The Morgan fingerprint density at radius 3 is 2.60 bits per heavy atom. The molecule has 4 N–H and O–H groups in total. The summed E-state index contributed by atoms with van der Waals surface area (Å²) in [6.07, 6.45) is 4.09. The van der Waals surface area contributed by atoms with E-state index >= 15 is 0 Å². The minimum absolute atomic E-state index is 0.0954. The molecule has 7 heteroatoms. The molecule has 0 bridgehead atoms. The Morgan fingerprint density at radius 1 is 1.20 bits per heavy atom. The Morgan fingerprint density at radius 2 is 1.93 bits per heavy atom. The third-order valence-corrected chi connectivity index (χ3v) is 5.39. The number of esters is 1. The van der Waals surface area contributed by atoms with E-state index < -0.39 is 6.10 Å². The van der Waals surface area contributed by atoms with Crippen molar-refractivity contribution in [2.24, 2.45) is 0 Å². The van der Waals surface area contributed by atoms with Gasteiger partial charge < -0.3 is 30.1 Å². The molecule has 2 rings (SSSR count). The van der Waals surface area contributed by atoms with Crippen LogP contribution in [0.15, 0.2) is 18.2 Å². The molecule has 0 radical (unpaired) electrons. The van der Waals surface area contributed by atoms with Crippen molar-refractivity contribution < 1.29 is 29.6 Å². The first kappa shape index (κ1) is 24.4. The number of phenols is 1. The fraction of sp³-hybridized carbons (Fsp3) is 0.696. The van der Waals surface area contributed by atoms with Gasteiger partial charge in [0.05, 0.1) is 12.2 Å². The van der Waals surface area contributed by atoms with Gasteiger partial charge in [0.2, 0.25) is 0 Å². The smallest absolute Gasteiger partial charge is 0.302 e. The second-order valence-electron chi connectivity index (χ2n) is 8.31. The van der Waals surface area contributed by atoms with Gasteiger partial charge in [0.15, 0.2) is 11.5 Å². The van der Waals surface area contributed by atoms with E-state index in [-0.39, 0.29) is 30.0 Å². The van der Waals surface area contributed by atoms with E-state index in [0.717, 1.165) is 37.9 Å². The lowest BCUT2D eigenvalue weighted by molar-refractivity contribution is -0.148. The van der Waals surface area contributed by atoms with Crippen molar-refractivity contribution in [2.75, 3.05) is 13.1 Å². The number of hydrogen-bond acceptors (Lipinski definition) is 7. The average Bonchev–Trinajstić information content (AvgIpc) is 2.68. The number of hydrogen-bond donors (Lipinski definition) is 4. The number of piperidine rings is 1. The molecule has 1 aromatic rings. The lowest BCUT2D eigenvalue weighted by Crippen LogP contribution is -2.34. The van der Waals surface area contributed by atoms with Gasteiger partial charge in [-0.15, -0.1) is 0 Å². The van der Waals surface area contributed by atoms with Gasteiger partial charge in [-0.25, -0.2) is 0 Å². The monoisotopic (exact) mass is 423 g/mol. The van der Waals surface area contributed by atoms with Crippen molar-refractivity contribution in [1.29, 1.82) is 0 Å². The van der Waals surface area contributed by atoms with E-state index in [1.54, 1.807) is 13.0 Å². The molecule has 170 valence electrons. The molecule has 1 aliphatic heterocycles.